The van der Waals surface area contributed by atoms with Crippen LogP contribution in [-0.2, 0) is 34.0 Å². The van der Waals surface area contributed by atoms with Crippen molar-refractivity contribution in [2.75, 3.05) is 6.54 Å². The summed E-state index contributed by atoms with van der Waals surface area (Å²) in [6, 6.07) is 13.2. The van der Waals surface area contributed by atoms with E-state index in [0.29, 0.717) is 21.2 Å². The minimum atomic E-state index is -4.47. The van der Waals surface area contributed by atoms with Gasteiger partial charge in [0.05, 0.1) is 23.0 Å². The van der Waals surface area contributed by atoms with E-state index in [0.717, 1.165) is 36.4 Å². The number of Topliss-reactive ketones (excluding diaryl/α,β-unsaturated/α-hetero) is 1. The van der Waals surface area contributed by atoms with Gasteiger partial charge in [0.15, 0.2) is 5.78 Å². The van der Waals surface area contributed by atoms with E-state index in [1.54, 1.807) is 24.3 Å². The van der Waals surface area contributed by atoms with Gasteiger partial charge in [0, 0.05) is 12.8 Å². The third-order valence-electron chi connectivity index (χ3n) is 6.26. The third-order valence-corrected chi connectivity index (χ3v) is 8.13. The van der Waals surface area contributed by atoms with Crippen LogP contribution in [0.3, 0.4) is 0 Å². The zero-order valence-corrected chi connectivity index (χ0v) is 21.1. The maximum absolute atomic E-state index is 14.2. The summed E-state index contributed by atoms with van der Waals surface area (Å²) < 4.78 is 112. The van der Waals surface area contributed by atoms with Crippen molar-refractivity contribution in [1.82, 2.24) is 4.31 Å². The van der Waals surface area contributed by atoms with Crippen molar-refractivity contribution >= 4 is 15.8 Å². The van der Waals surface area contributed by atoms with Crippen molar-refractivity contribution in [1.29, 1.82) is 0 Å². The Labute approximate surface area is 221 Å². The quantitative estimate of drug-likeness (QED) is 0.295. The molecule has 1 aliphatic heterocycles. The Balaban J connectivity index is 1.40. The van der Waals surface area contributed by atoms with Crippen molar-refractivity contribution in [3.05, 3.63) is 95.3 Å². The van der Waals surface area contributed by atoms with Crippen LogP contribution in [0.4, 0.5) is 26.3 Å². The molecule has 0 saturated carbocycles. The van der Waals surface area contributed by atoms with Crippen LogP contribution in [0.15, 0.2) is 77.7 Å². The van der Waals surface area contributed by atoms with Crippen molar-refractivity contribution in [3.63, 3.8) is 0 Å². The summed E-state index contributed by atoms with van der Waals surface area (Å²) in [4.78, 5) is 12.5. The molecule has 5 nitrogen and oxygen atoms in total. The van der Waals surface area contributed by atoms with Gasteiger partial charge in [-0.05, 0) is 66.1 Å². The first-order valence-corrected chi connectivity index (χ1v) is 13.2. The number of halogens is 6. The van der Waals surface area contributed by atoms with Gasteiger partial charge in [-0.15, -0.1) is 0 Å². The Morgan fingerprint density at radius 2 is 1.64 bits per heavy atom. The molecule has 39 heavy (non-hydrogen) atoms. The van der Waals surface area contributed by atoms with Crippen LogP contribution in [-0.4, -0.2) is 37.0 Å². The Kier molecular flexibility index (Phi) is 8.08. The SMILES string of the molecule is O=C(CCc1cccc(OCc2ccc(C(F)(F)F)cc2)c1)[C@@H]1CC(F)(F)CN1S(=O)(=O)c1ccc(F)cc1. The maximum Gasteiger partial charge on any atom is 0.416 e. The molecular formula is C27H23F6NO4S. The first-order valence-electron chi connectivity index (χ1n) is 11.8. The number of hydrogen-bond donors (Lipinski definition) is 0. The molecular weight excluding hydrogens is 548 g/mol. The van der Waals surface area contributed by atoms with Crippen LogP contribution >= 0.6 is 0 Å². The van der Waals surface area contributed by atoms with Gasteiger partial charge < -0.3 is 4.74 Å². The summed E-state index contributed by atoms with van der Waals surface area (Å²) in [5.74, 6) is -4.40. The molecule has 0 spiro atoms. The van der Waals surface area contributed by atoms with Crippen molar-refractivity contribution in [2.24, 2.45) is 0 Å². The van der Waals surface area contributed by atoms with Gasteiger partial charge >= 0.3 is 6.18 Å². The predicted octanol–water partition coefficient (Wildman–Crippen LogP) is 6.02. The van der Waals surface area contributed by atoms with Crippen LogP contribution in [0.5, 0.6) is 5.75 Å². The van der Waals surface area contributed by atoms with Crippen LogP contribution in [0.25, 0.3) is 0 Å². The van der Waals surface area contributed by atoms with E-state index in [-0.39, 0.29) is 19.4 Å². The van der Waals surface area contributed by atoms with Gasteiger partial charge in [-0.1, -0.05) is 24.3 Å². The van der Waals surface area contributed by atoms with E-state index in [2.05, 4.69) is 0 Å². The van der Waals surface area contributed by atoms with E-state index in [4.69, 9.17) is 4.74 Å². The second-order valence-corrected chi connectivity index (χ2v) is 11.1. The second-order valence-electron chi connectivity index (χ2n) is 9.18. The van der Waals surface area contributed by atoms with Gasteiger partial charge in [-0.2, -0.15) is 17.5 Å². The van der Waals surface area contributed by atoms with Crippen LogP contribution in [0, 0.1) is 5.82 Å². The Morgan fingerprint density at radius 1 is 0.974 bits per heavy atom. The smallest absolute Gasteiger partial charge is 0.416 e. The number of alkyl halides is 5. The highest BCUT2D eigenvalue weighted by Gasteiger charge is 2.52. The largest absolute Gasteiger partial charge is 0.489 e. The van der Waals surface area contributed by atoms with Gasteiger partial charge in [-0.25, -0.2) is 21.6 Å². The van der Waals surface area contributed by atoms with E-state index in [1.165, 1.54) is 12.1 Å². The summed E-state index contributed by atoms with van der Waals surface area (Å²) in [5, 5.41) is 0. The number of benzene rings is 3. The molecule has 0 amide bonds. The lowest BCUT2D eigenvalue weighted by molar-refractivity contribution is -0.137. The normalized spacial score (nSPS) is 17.7. The summed E-state index contributed by atoms with van der Waals surface area (Å²) in [6.45, 7) is -1.16. The van der Waals surface area contributed by atoms with Crippen LogP contribution in [0.2, 0.25) is 0 Å². The fourth-order valence-corrected chi connectivity index (χ4v) is 5.87. The highest BCUT2D eigenvalue weighted by Crippen LogP contribution is 2.37. The fraction of sp³-hybridized carbons (Fsp3) is 0.296. The molecule has 1 heterocycles. The minimum Gasteiger partial charge on any atom is -0.489 e. The molecule has 0 unspecified atom stereocenters. The molecule has 1 aliphatic rings. The number of aryl methyl sites for hydroxylation is 1. The molecule has 12 heteroatoms. The Morgan fingerprint density at radius 3 is 2.28 bits per heavy atom. The summed E-state index contributed by atoms with van der Waals surface area (Å²) in [6.07, 6.45) is -5.51. The predicted molar refractivity (Wildman–Crippen MR) is 129 cm³/mol. The van der Waals surface area contributed by atoms with Gasteiger partial charge in [0.25, 0.3) is 5.92 Å². The number of ether oxygens (including phenoxy) is 1. The maximum atomic E-state index is 14.2. The monoisotopic (exact) mass is 571 g/mol. The first-order chi connectivity index (χ1) is 18.2. The Hall–Kier alpha value is -3.38. The lowest BCUT2D eigenvalue weighted by atomic mass is 10.0. The Bertz CT molecular complexity index is 1420. The van der Waals surface area contributed by atoms with Crippen LogP contribution < -0.4 is 4.74 Å². The molecule has 0 bridgehead atoms. The number of hydrogen-bond acceptors (Lipinski definition) is 4. The molecule has 1 saturated heterocycles. The number of sulfonamides is 1. The molecule has 208 valence electrons. The van der Waals surface area contributed by atoms with Crippen molar-refractivity contribution in [2.45, 2.75) is 48.9 Å². The molecule has 0 aromatic heterocycles. The van der Waals surface area contributed by atoms with E-state index < -0.39 is 63.2 Å². The lowest BCUT2D eigenvalue weighted by Gasteiger charge is -2.22. The third kappa shape index (κ3) is 6.99. The zero-order valence-electron chi connectivity index (χ0n) is 20.3. The average Bonchev–Trinajstić information content (AvgIpc) is 3.22. The summed E-state index contributed by atoms with van der Waals surface area (Å²) in [5.41, 5.74) is 0.348. The molecule has 1 atom stereocenters. The van der Waals surface area contributed by atoms with E-state index in [1.807, 2.05) is 0 Å². The second kappa shape index (κ2) is 11.0. The van der Waals surface area contributed by atoms with Crippen molar-refractivity contribution < 1.29 is 44.3 Å². The molecule has 0 radical (unpaired) electrons. The fourth-order valence-electron chi connectivity index (χ4n) is 4.24. The number of nitrogens with zero attached hydrogens (tertiary/aromatic N) is 1. The highest BCUT2D eigenvalue weighted by molar-refractivity contribution is 7.89. The molecule has 1 fully saturated rings. The van der Waals surface area contributed by atoms with E-state index >= 15 is 0 Å². The molecule has 3 aromatic rings. The zero-order chi connectivity index (χ0) is 28.4. The topological polar surface area (TPSA) is 63.7 Å². The molecule has 0 aliphatic carbocycles. The highest BCUT2D eigenvalue weighted by atomic mass is 32.2. The molecule has 4 rings (SSSR count). The number of ketones is 1. The minimum absolute atomic E-state index is 0.00607. The van der Waals surface area contributed by atoms with Gasteiger partial charge in [0.1, 0.15) is 18.2 Å². The summed E-state index contributed by atoms with van der Waals surface area (Å²) >= 11 is 0. The lowest BCUT2D eigenvalue weighted by Crippen LogP contribution is -2.40. The molecule has 0 N–H and O–H groups in total. The number of carbonyl (C=O) groups excluding carboxylic acids is 1. The molecule has 3 aromatic carbocycles. The van der Waals surface area contributed by atoms with Gasteiger partial charge in [0.2, 0.25) is 10.0 Å². The first kappa shape index (κ1) is 28.6. The number of rotatable bonds is 9. The number of carbonyl (C=O) groups is 1. The standard InChI is InChI=1S/C27H23F6NO4S/c28-21-9-11-23(12-10-21)39(36,37)34-17-26(29,30)15-24(34)25(35)13-6-18-2-1-3-22(14-18)38-16-19-4-7-20(8-5-19)27(31,32)33/h1-5,7-12,14,24H,6,13,15-17H2/t24-/m0/s1. The van der Waals surface area contributed by atoms with E-state index in [9.17, 15) is 39.6 Å². The summed E-state index contributed by atoms with van der Waals surface area (Å²) in [7, 11) is -4.47. The average molecular weight is 572 g/mol. The van der Waals surface area contributed by atoms with Crippen LogP contribution in [0.1, 0.15) is 29.5 Å². The van der Waals surface area contributed by atoms with Crippen molar-refractivity contribution in [3.8, 4) is 5.75 Å². The van der Waals surface area contributed by atoms with Gasteiger partial charge in [-0.3, -0.25) is 4.79 Å².